The summed E-state index contributed by atoms with van der Waals surface area (Å²) in [6.07, 6.45) is 13.3. The Bertz CT molecular complexity index is 1240. The van der Waals surface area contributed by atoms with E-state index in [0.717, 1.165) is 75.2 Å². The van der Waals surface area contributed by atoms with Crippen molar-refractivity contribution in [2.24, 2.45) is 17.6 Å². The second kappa shape index (κ2) is 15.2. The van der Waals surface area contributed by atoms with Crippen LogP contribution in [0.3, 0.4) is 0 Å². The van der Waals surface area contributed by atoms with E-state index in [1.165, 1.54) is 22.4 Å². The van der Waals surface area contributed by atoms with Gasteiger partial charge in [0, 0.05) is 36.3 Å². The van der Waals surface area contributed by atoms with Crippen LogP contribution in [0.25, 0.3) is 0 Å². The Balaban J connectivity index is 1.64. The van der Waals surface area contributed by atoms with E-state index in [1.807, 2.05) is 12.1 Å². The molecule has 2 aromatic rings. The Labute approximate surface area is 258 Å². The maximum absolute atomic E-state index is 12.4. The van der Waals surface area contributed by atoms with Crippen molar-refractivity contribution in [2.45, 2.75) is 76.2 Å². The zero-order chi connectivity index (χ0) is 30.2. The van der Waals surface area contributed by atoms with Crippen LogP contribution in [0.1, 0.15) is 79.5 Å². The monoisotopic (exact) mass is 591 g/mol. The van der Waals surface area contributed by atoms with Crippen molar-refractivity contribution >= 4 is 23.2 Å². The molecule has 1 heterocycles. The first kappa shape index (κ1) is 32.3. The number of aliphatic hydroxyl groups excluding tert-OH is 1. The van der Waals surface area contributed by atoms with Gasteiger partial charge in [0.1, 0.15) is 0 Å². The zero-order valence-electron chi connectivity index (χ0n) is 25.8. The van der Waals surface area contributed by atoms with Gasteiger partial charge < -0.3 is 20.6 Å². The summed E-state index contributed by atoms with van der Waals surface area (Å²) in [5, 5.41) is 11.9. The Kier molecular flexibility index (Phi) is 11.7. The Morgan fingerprint density at radius 3 is 2.69 bits per heavy atom. The molecule has 0 saturated heterocycles. The number of halogens is 1. The van der Waals surface area contributed by atoms with Crippen LogP contribution in [-0.4, -0.2) is 55.7 Å². The number of hydrogen-bond acceptors (Lipinski definition) is 4. The standard InChI is InChI=1S/C36H50ClN3O2/c1-5-9-26-21-30(37)17-19-31(26)28-15-13-25-12-14-27(33(10-6-2)36(38)42)22-34(25)40(23-28)24-29-16-18-32(29)35(41)11-7-8-20-39(3)4/h6-7,11-12,14,17,19,21-22,28-29,32-33,35,41H,2,5,8-10,13,15-16,18,20,23-24H2,1,3-4H3,(H2,38,42)/b11-7+/t28?,29?,32?,33-,35?/m0/s1. The fraction of sp³-hybridized carbons (Fsp3) is 0.528. The van der Waals surface area contributed by atoms with Crippen LogP contribution in [-0.2, 0) is 17.6 Å². The third-order valence-corrected chi connectivity index (χ3v) is 9.55. The van der Waals surface area contributed by atoms with Gasteiger partial charge in [0.05, 0.1) is 12.0 Å². The van der Waals surface area contributed by atoms with Crippen molar-refractivity contribution < 1.29 is 9.90 Å². The van der Waals surface area contributed by atoms with E-state index in [1.54, 1.807) is 6.08 Å². The van der Waals surface area contributed by atoms with E-state index in [4.69, 9.17) is 17.3 Å². The van der Waals surface area contributed by atoms with Crippen molar-refractivity contribution in [3.63, 3.8) is 0 Å². The summed E-state index contributed by atoms with van der Waals surface area (Å²) in [4.78, 5) is 17.1. The van der Waals surface area contributed by atoms with E-state index in [2.05, 4.69) is 73.8 Å². The van der Waals surface area contributed by atoms with E-state index >= 15 is 0 Å². The number of aryl methyl sites for hydroxylation is 2. The molecule has 3 N–H and O–H groups in total. The molecule has 228 valence electrons. The number of allylic oxidation sites excluding steroid dienone is 1. The molecule has 5 nitrogen and oxygen atoms in total. The van der Waals surface area contributed by atoms with Crippen molar-refractivity contribution in [2.75, 3.05) is 38.6 Å². The number of nitrogens with two attached hydrogens (primary N) is 1. The number of rotatable bonds is 14. The molecule has 1 fully saturated rings. The molecular weight excluding hydrogens is 542 g/mol. The molecule has 1 aliphatic heterocycles. The molecule has 1 aliphatic carbocycles. The number of fused-ring (bicyclic) bond motifs is 1. The average Bonchev–Trinajstić information content (AvgIpc) is 3.11. The maximum atomic E-state index is 12.4. The quantitative estimate of drug-likeness (QED) is 0.235. The molecule has 1 saturated carbocycles. The van der Waals surface area contributed by atoms with Gasteiger partial charge in [0.2, 0.25) is 5.91 Å². The van der Waals surface area contributed by atoms with E-state index in [-0.39, 0.29) is 17.7 Å². The topological polar surface area (TPSA) is 69.8 Å². The number of amides is 1. The highest BCUT2D eigenvalue weighted by atomic mass is 35.5. The van der Waals surface area contributed by atoms with E-state index < -0.39 is 6.10 Å². The van der Waals surface area contributed by atoms with Crippen LogP contribution in [0.15, 0.2) is 61.2 Å². The lowest BCUT2D eigenvalue weighted by atomic mass is 9.70. The number of primary amides is 1. The van der Waals surface area contributed by atoms with Gasteiger partial charge in [-0.2, -0.15) is 0 Å². The first-order chi connectivity index (χ1) is 20.2. The normalized spacial score (nSPS) is 22.0. The predicted octanol–water partition coefficient (Wildman–Crippen LogP) is 6.87. The second-order valence-corrected chi connectivity index (χ2v) is 13.0. The highest BCUT2D eigenvalue weighted by Gasteiger charge is 2.37. The molecule has 6 heteroatoms. The lowest BCUT2D eigenvalue weighted by Crippen LogP contribution is -2.44. The molecule has 4 rings (SSSR count). The predicted molar refractivity (Wildman–Crippen MR) is 176 cm³/mol. The molecule has 1 amide bonds. The van der Waals surface area contributed by atoms with Crippen molar-refractivity contribution in [3.05, 3.63) is 88.5 Å². The van der Waals surface area contributed by atoms with Gasteiger partial charge in [-0.1, -0.05) is 61.4 Å². The SMILES string of the molecule is C=CC[C@H](C(N)=O)c1ccc2c(c1)N(CC1CCC1C(O)/C=C/CCN(C)C)CC(c1ccc(Cl)cc1CCC)CC2. The highest BCUT2D eigenvalue weighted by Crippen LogP contribution is 2.42. The van der Waals surface area contributed by atoms with Crippen LogP contribution in [0.5, 0.6) is 0 Å². The zero-order valence-corrected chi connectivity index (χ0v) is 26.5. The molecule has 5 atom stereocenters. The summed E-state index contributed by atoms with van der Waals surface area (Å²) in [5.74, 6) is 0.343. The van der Waals surface area contributed by atoms with Crippen LogP contribution < -0.4 is 10.6 Å². The minimum Gasteiger partial charge on any atom is -0.389 e. The highest BCUT2D eigenvalue weighted by molar-refractivity contribution is 6.30. The van der Waals surface area contributed by atoms with Crippen LogP contribution in [0.2, 0.25) is 5.02 Å². The summed E-state index contributed by atoms with van der Waals surface area (Å²) >= 11 is 6.44. The van der Waals surface area contributed by atoms with E-state index in [9.17, 15) is 9.90 Å². The lowest BCUT2D eigenvalue weighted by Gasteiger charge is -2.43. The summed E-state index contributed by atoms with van der Waals surface area (Å²) in [7, 11) is 4.14. The molecule has 0 aromatic heterocycles. The fourth-order valence-electron chi connectivity index (χ4n) is 6.82. The van der Waals surface area contributed by atoms with Gasteiger partial charge in [-0.05, 0) is 111 Å². The minimum atomic E-state index is -0.418. The van der Waals surface area contributed by atoms with Crippen LogP contribution in [0, 0.1) is 11.8 Å². The van der Waals surface area contributed by atoms with Gasteiger partial charge in [0.15, 0.2) is 0 Å². The number of nitrogens with zero attached hydrogens (tertiary/aromatic N) is 2. The van der Waals surface area contributed by atoms with Gasteiger partial charge >= 0.3 is 0 Å². The Hall–Kier alpha value is -2.60. The van der Waals surface area contributed by atoms with Crippen LogP contribution in [0.4, 0.5) is 5.69 Å². The molecule has 0 radical (unpaired) electrons. The summed E-state index contributed by atoms with van der Waals surface area (Å²) in [6.45, 7) is 8.84. The molecule has 4 unspecified atom stereocenters. The van der Waals surface area contributed by atoms with E-state index in [0.29, 0.717) is 18.3 Å². The molecule has 0 bridgehead atoms. The number of hydrogen-bond donors (Lipinski definition) is 2. The summed E-state index contributed by atoms with van der Waals surface area (Å²) < 4.78 is 0. The Morgan fingerprint density at radius 1 is 1.21 bits per heavy atom. The van der Waals surface area contributed by atoms with Crippen molar-refractivity contribution in [3.8, 4) is 0 Å². The molecule has 0 spiro atoms. The van der Waals surface area contributed by atoms with Crippen LogP contribution >= 0.6 is 11.6 Å². The minimum absolute atomic E-state index is 0.263. The lowest BCUT2D eigenvalue weighted by molar-refractivity contribution is -0.119. The summed E-state index contributed by atoms with van der Waals surface area (Å²) in [5.41, 5.74) is 12.1. The number of benzene rings is 2. The van der Waals surface area contributed by atoms with Gasteiger partial charge in [-0.3, -0.25) is 4.79 Å². The Morgan fingerprint density at radius 2 is 2.02 bits per heavy atom. The fourth-order valence-corrected chi connectivity index (χ4v) is 7.02. The number of anilines is 1. The van der Waals surface area contributed by atoms with Gasteiger partial charge in [0.25, 0.3) is 0 Å². The smallest absolute Gasteiger partial charge is 0.225 e. The third-order valence-electron chi connectivity index (χ3n) is 9.31. The van der Waals surface area contributed by atoms with Gasteiger partial charge in [-0.15, -0.1) is 6.58 Å². The van der Waals surface area contributed by atoms with Gasteiger partial charge in [-0.25, -0.2) is 0 Å². The summed E-state index contributed by atoms with van der Waals surface area (Å²) in [6, 6.07) is 12.9. The third kappa shape index (κ3) is 8.06. The van der Waals surface area contributed by atoms with Crippen molar-refractivity contribution in [1.82, 2.24) is 4.90 Å². The number of carbonyl (C=O) groups excluding carboxylic acids is 1. The number of carbonyl (C=O) groups is 1. The largest absolute Gasteiger partial charge is 0.389 e. The first-order valence-electron chi connectivity index (χ1n) is 15.8. The molecular formula is C36H50ClN3O2. The average molecular weight is 592 g/mol. The maximum Gasteiger partial charge on any atom is 0.225 e. The number of aliphatic hydroxyl groups is 1. The van der Waals surface area contributed by atoms with Crippen molar-refractivity contribution in [1.29, 1.82) is 0 Å². The second-order valence-electron chi connectivity index (χ2n) is 12.6. The molecule has 42 heavy (non-hydrogen) atoms. The first-order valence-corrected chi connectivity index (χ1v) is 16.1. The molecule has 2 aromatic carbocycles. The molecule has 2 aliphatic rings.